The van der Waals surface area contributed by atoms with Crippen molar-refractivity contribution in [3.63, 3.8) is 0 Å². The van der Waals surface area contributed by atoms with Crippen molar-refractivity contribution in [2.24, 2.45) is 0 Å². The molecule has 0 rings (SSSR count). The van der Waals surface area contributed by atoms with Gasteiger partial charge in [0.1, 0.15) is 0 Å². The van der Waals surface area contributed by atoms with E-state index in [4.69, 9.17) is 19.8 Å². The molecule has 0 aromatic carbocycles. The molecular weight excluding hydrogens is 167 g/mol. The third kappa shape index (κ3) is 5.46. The Morgan fingerprint density at radius 3 is 1.14 bits per heavy atom. The number of hydrogen-bond donors (Lipinski definition) is 2. The molecule has 2 N–H and O–H groups in total. The minimum atomic E-state index is -1.82. The molecule has 0 aliphatic rings. The topological polar surface area (TPSA) is 74.6 Å². The number of rotatable bonds is 0. The van der Waals surface area contributed by atoms with Crippen LogP contribution in [0.3, 0.4) is 0 Å². The maximum absolute atomic E-state index is 9.10. The van der Waals surface area contributed by atoms with Crippen LogP contribution in [0, 0.1) is 0 Å². The molecule has 0 aliphatic carbocycles. The van der Waals surface area contributed by atoms with E-state index in [-0.39, 0.29) is 17.1 Å². The summed E-state index contributed by atoms with van der Waals surface area (Å²) in [5.74, 6) is -3.65. The normalized spacial score (nSPS) is 6.29. The molecule has 0 spiro atoms. The number of carboxylic acid groups (broad SMARTS) is 2. The molecule has 5 heteroatoms. The molecule has 0 atom stereocenters. The van der Waals surface area contributed by atoms with E-state index >= 15 is 0 Å². The number of carbonyl (C=O) groups is 2. The van der Waals surface area contributed by atoms with E-state index in [0.717, 1.165) is 0 Å². The van der Waals surface area contributed by atoms with Crippen LogP contribution < -0.4 is 0 Å². The van der Waals surface area contributed by atoms with Crippen molar-refractivity contribution in [1.82, 2.24) is 0 Å². The van der Waals surface area contributed by atoms with Crippen LogP contribution in [-0.2, 0) is 9.59 Å². The van der Waals surface area contributed by atoms with Gasteiger partial charge in [-0.2, -0.15) is 0 Å². The molecule has 0 bridgehead atoms. The van der Waals surface area contributed by atoms with Gasteiger partial charge in [-0.1, -0.05) is 0 Å². The first-order valence-corrected chi connectivity index (χ1v) is 1.11. The third-order valence-electron chi connectivity index (χ3n) is 0.183. The van der Waals surface area contributed by atoms with Gasteiger partial charge in [0, 0.05) is 0 Å². The van der Waals surface area contributed by atoms with Gasteiger partial charge in [0.2, 0.25) is 0 Å². The third-order valence-corrected chi connectivity index (χ3v) is 0.183. The Labute approximate surface area is 49.6 Å². The summed E-state index contributed by atoms with van der Waals surface area (Å²) < 4.78 is 0. The van der Waals surface area contributed by atoms with E-state index in [9.17, 15) is 0 Å². The first kappa shape index (κ1) is 9.68. The summed E-state index contributed by atoms with van der Waals surface area (Å²) in [6.45, 7) is 0. The van der Waals surface area contributed by atoms with E-state index in [0.29, 0.717) is 0 Å². The van der Waals surface area contributed by atoms with Crippen LogP contribution in [0.4, 0.5) is 0 Å². The van der Waals surface area contributed by atoms with Gasteiger partial charge in [-0.3, -0.25) is 0 Å². The summed E-state index contributed by atoms with van der Waals surface area (Å²) in [6.07, 6.45) is 0. The van der Waals surface area contributed by atoms with Gasteiger partial charge in [-0.15, -0.1) is 0 Å². The summed E-state index contributed by atoms with van der Waals surface area (Å²) in [7, 11) is 0. The van der Waals surface area contributed by atoms with Gasteiger partial charge in [0.05, 0.1) is 0 Å². The average Bonchev–Trinajstić information content (AvgIpc) is 1.36. The number of aliphatic carboxylic acids is 2. The first-order chi connectivity index (χ1) is 2.64. The Balaban J connectivity index is 0. The Hall–Kier alpha value is -0.541. The predicted molar refractivity (Wildman–Crippen MR) is 23.8 cm³/mol. The molecule has 0 unspecified atom stereocenters. The summed E-state index contributed by atoms with van der Waals surface area (Å²) in [6, 6.07) is 0. The fraction of sp³-hybridized carbons (Fsp3) is 0. The summed E-state index contributed by atoms with van der Waals surface area (Å²) in [4.78, 5) is 18.2. The SMILES string of the molecule is O=C(O)C(=O)O.[SeH2]. The molecule has 0 saturated carbocycles. The molecular formula is C2H4O4Se. The summed E-state index contributed by atoms with van der Waals surface area (Å²) in [5, 5.41) is 14.8. The van der Waals surface area contributed by atoms with Crippen LogP contribution in [0.15, 0.2) is 0 Å². The molecule has 0 aromatic heterocycles. The van der Waals surface area contributed by atoms with Crippen molar-refractivity contribution in [1.29, 1.82) is 0 Å². The zero-order valence-corrected chi connectivity index (χ0v) is 5.31. The predicted octanol–water partition coefficient (Wildman–Crippen LogP) is -1.76. The summed E-state index contributed by atoms with van der Waals surface area (Å²) >= 11 is 0. The Morgan fingerprint density at radius 1 is 1.00 bits per heavy atom. The number of hydrogen-bond acceptors (Lipinski definition) is 2. The van der Waals surface area contributed by atoms with E-state index in [1.54, 1.807) is 0 Å². The monoisotopic (exact) mass is 172 g/mol. The van der Waals surface area contributed by atoms with Crippen LogP contribution in [-0.4, -0.2) is 39.2 Å². The fourth-order valence-corrected chi connectivity index (χ4v) is 0. The van der Waals surface area contributed by atoms with Crippen molar-refractivity contribution in [2.75, 3.05) is 0 Å². The standard InChI is InChI=1S/C2H2O4.H2Se/c3-1(4)2(5)6;/h(H,3,4)(H,5,6);1H2. The molecule has 42 valence electrons. The van der Waals surface area contributed by atoms with Crippen LogP contribution >= 0.6 is 0 Å². The molecule has 0 heterocycles. The second-order valence-electron chi connectivity index (χ2n) is 0.610. The Kier molecular flexibility index (Phi) is 5.04. The van der Waals surface area contributed by atoms with Crippen molar-refractivity contribution >= 4 is 29.0 Å². The van der Waals surface area contributed by atoms with E-state index in [1.165, 1.54) is 0 Å². The molecule has 0 aromatic rings. The van der Waals surface area contributed by atoms with Crippen molar-refractivity contribution in [2.45, 2.75) is 0 Å². The van der Waals surface area contributed by atoms with E-state index < -0.39 is 11.9 Å². The Morgan fingerprint density at radius 2 is 1.14 bits per heavy atom. The number of carboxylic acids is 2. The van der Waals surface area contributed by atoms with Crippen molar-refractivity contribution in [3.8, 4) is 0 Å². The molecule has 0 amide bonds. The fourth-order valence-electron chi connectivity index (χ4n) is 0. The molecule has 7 heavy (non-hydrogen) atoms. The van der Waals surface area contributed by atoms with E-state index in [1.807, 2.05) is 0 Å². The van der Waals surface area contributed by atoms with Crippen LogP contribution in [0.1, 0.15) is 0 Å². The second kappa shape index (κ2) is 3.64. The quantitative estimate of drug-likeness (QED) is 0.334. The van der Waals surface area contributed by atoms with E-state index in [2.05, 4.69) is 0 Å². The zero-order valence-electron chi connectivity index (χ0n) is 3.21. The maximum atomic E-state index is 9.10. The first-order valence-electron chi connectivity index (χ1n) is 1.11. The van der Waals surface area contributed by atoms with Crippen molar-refractivity contribution in [3.05, 3.63) is 0 Å². The van der Waals surface area contributed by atoms with Crippen LogP contribution in [0.25, 0.3) is 0 Å². The minimum absolute atomic E-state index is 0. The molecule has 0 fully saturated rings. The molecule has 0 aliphatic heterocycles. The Bertz CT molecular complexity index is 75.7. The zero-order chi connectivity index (χ0) is 5.15. The second-order valence-corrected chi connectivity index (χ2v) is 0.610. The van der Waals surface area contributed by atoms with Crippen molar-refractivity contribution < 1.29 is 19.8 Å². The molecule has 0 saturated heterocycles. The molecule has 4 nitrogen and oxygen atoms in total. The average molecular weight is 171 g/mol. The van der Waals surface area contributed by atoms with Gasteiger partial charge in [0.15, 0.2) is 0 Å². The van der Waals surface area contributed by atoms with Gasteiger partial charge in [-0.25, -0.2) is 9.59 Å². The molecule has 0 radical (unpaired) electrons. The van der Waals surface area contributed by atoms with Gasteiger partial charge >= 0.3 is 29.0 Å². The van der Waals surface area contributed by atoms with Gasteiger partial charge in [0.25, 0.3) is 0 Å². The van der Waals surface area contributed by atoms with Gasteiger partial charge < -0.3 is 10.2 Å². The summed E-state index contributed by atoms with van der Waals surface area (Å²) in [5.41, 5.74) is 0. The van der Waals surface area contributed by atoms with Gasteiger partial charge in [-0.05, 0) is 0 Å². The van der Waals surface area contributed by atoms with Crippen LogP contribution in [0.2, 0.25) is 0 Å². The van der Waals surface area contributed by atoms with Crippen LogP contribution in [0.5, 0.6) is 0 Å².